The first kappa shape index (κ1) is 17.0. The van der Waals surface area contributed by atoms with E-state index in [2.05, 4.69) is 20.4 Å². The van der Waals surface area contributed by atoms with Gasteiger partial charge in [0.2, 0.25) is 11.9 Å². The summed E-state index contributed by atoms with van der Waals surface area (Å²) in [6.45, 7) is 3.73. The van der Waals surface area contributed by atoms with Crippen LogP contribution in [-0.4, -0.2) is 27.3 Å². The molecule has 0 saturated heterocycles. The van der Waals surface area contributed by atoms with Crippen molar-refractivity contribution in [1.82, 2.24) is 15.1 Å². The van der Waals surface area contributed by atoms with Crippen LogP contribution in [0.2, 0.25) is 0 Å². The lowest BCUT2D eigenvalue weighted by Gasteiger charge is -2.10. The van der Waals surface area contributed by atoms with Gasteiger partial charge in [0.1, 0.15) is 10.8 Å². The van der Waals surface area contributed by atoms with Gasteiger partial charge in [-0.25, -0.2) is 9.97 Å². The molecule has 2 aromatic heterocycles. The highest BCUT2D eigenvalue weighted by molar-refractivity contribution is 7.98. The number of carbonyl (C=O) groups excluding carboxylic acids is 1. The summed E-state index contributed by atoms with van der Waals surface area (Å²) in [7, 11) is 0. The minimum Gasteiger partial charge on any atom is -0.366 e. The lowest BCUT2D eigenvalue weighted by molar-refractivity contribution is 0.1000. The molecular weight excluding hydrogens is 338 g/mol. The Morgan fingerprint density at radius 3 is 2.76 bits per heavy atom. The number of rotatable bonds is 5. The maximum Gasteiger partial charge on any atom is 0.248 e. The Kier molecular flexibility index (Phi) is 4.71. The Labute approximate surface area is 149 Å². The molecule has 1 aromatic carbocycles. The largest absolute Gasteiger partial charge is 0.366 e. The standard InChI is InChI=1S/C17H17N5O2S/c1-9-8-11(15(18)23)4-5-12(9)20-17-19-7-6-13(21-17)14-10(2)24-22-16(14)25-3/h4-8H,1-3H3,(H2,18,23)(H,19,20,21). The molecule has 0 bridgehead atoms. The van der Waals surface area contributed by atoms with E-state index in [0.29, 0.717) is 17.3 Å². The number of primary amides is 1. The quantitative estimate of drug-likeness (QED) is 0.676. The highest BCUT2D eigenvalue weighted by atomic mass is 32.2. The number of amides is 1. The number of nitrogens with two attached hydrogens (primary N) is 1. The molecule has 0 spiro atoms. The topological polar surface area (TPSA) is 107 Å². The molecule has 1 amide bonds. The molecule has 0 radical (unpaired) electrons. The molecule has 128 valence electrons. The number of nitrogens with zero attached hydrogens (tertiary/aromatic N) is 3. The van der Waals surface area contributed by atoms with Crippen LogP contribution in [0.5, 0.6) is 0 Å². The summed E-state index contributed by atoms with van der Waals surface area (Å²) < 4.78 is 5.26. The smallest absolute Gasteiger partial charge is 0.248 e. The van der Waals surface area contributed by atoms with Gasteiger partial charge in [-0.15, -0.1) is 11.8 Å². The molecule has 0 aliphatic rings. The number of aromatic nitrogens is 3. The van der Waals surface area contributed by atoms with Crippen LogP contribution in [0.25, 0.3) is 11.3 Å². The summed E-state index contributed by atoms with van der Waals surface area (Å²) in [5.74, 6) is 0.691. The fourth-order valence-corrected chi connectivity index (χ4v) is 2.98. The number of thioether (sulfide) groups is 1. The van der Waals surface area contributed by atoms with E-state index in [4.69, 9.17) is 10.3 Å². The SMILES string of the molecule is CSc1noc(C)c1-c1ccnc(Nc2ccc(C(N)=O)cc2C)n1. The number of nitrogens with one attached hydrogen (secondary N) is 1. The second kappa shape index (κ2) is 6.94. The van der Waals surface area contributed by atoms with Gasteiger partial charge in [0, 0.05) is 17.4 Å². The molecule has 0 fully saturated rings. The van der Waals surface area contributed by atoms with Gasteiger partial charge in [-0.3, -0.25) is 4.79 Å². The van der Waals surface area contributed by atoms with Crippen molar-refractivity contribution >= 4 is 29.3 Å². The van der Waals surface area contributed by atoms with Crippen LogP contribution in [0.15, 0.2) is 40.0 Å². The third-order valence-corrected chi connectivity index (χ3v) is 4.36. The Morgan fingerprint density at radius 2 is 2.08 bits per heavy atom. The van der Waals surface area contributed by atoms with Crippen LogP contribution in [-0.2, 0) is 0 Å². The van der Waals surface area contributed by atoms with Crippen LogP contribution in [0.3, 0.4) is 0 Å². The maximum absolute atomic E-state index is 11.3. The fraction of sp³-hybridized carbons (Fsp3) is 0.176. The summed E-state index contributed by atoms with van der Waals surface area (Å²) >= 11 is 1.50. The molecule has 2 heterocycles. The van der Waals surface area contributed by atoms with Crippen molar-refractivity contribution in [3.05, 3.63) is 47.3 Å². The zero-order valence-corrected chi connectivity index (χ0v) is 14.8. The van der Waals surface area contributed by atoms with Crippen molar-refractivity contribution in [3.8, 4) is 11.3 Å². The van der Waals surface area contributed by atoms with Crippen molar-refractivity contribution in [1.29, 1.82) is 0 Å². The summed E-state index contributed by atoms with van der Waals surface area (Å²) in [5, 5.41) is 7.98. The van der Waals surface area contributed by atoms with Gasteiger partial charge in [-0.1, -0.05) is 5.16 Å². The monoisotopic (exact) mass is 355 g/mol. The van der Waals surface area contributed by atoms with Crippen LogP contribution in [0.1, 0.15) is 21.7 Å². The first-order valence-corrected chi connectivity index (χ1v) is 8.73. The normalized spacial score (nSPS) is 10.7. The predicted molar refractivity (Wildman–Crippen MR) is 97.0 cm³/mol. The highest BCUT2D eigenvalue weighted by Gasteiger charge is 2.16. The van der Waals surface area contributed by atoms with E-state index in [1.807, 2.05) is 26.2 Å². The lowest BCUT2D eigenvalue weighted by Crippen LogP contribution is -2.11. The van der Waals surface area contributed by atoms with E-state index in [-0.39, 0.29) is 0 Å². The summed E-state index contributed by atoms with van der Waals surface area (Å²) in [6, 6.07) is 6.99. The molecule has 25 heavy (non-hydrogen) atoms. The van der Waals surface area contributed by atoms with Gasteiger partial charge in [0.15, 0.2) is 0 Å². The van der Waals surface area contributed by atoms with Gasteiger partial charge in [0.25, 0.3) is 0 Å². The number of hydrogen-bond acceptors (Lipinski definition) is 7. The molecule has 3 aromatic rings. The zero-order valence-electron chi connectivity index (χ0n) is 14.0. The van der Waals surface area contributed by atoms with Crippen LogP contribution >= 0.6 is 11.8 Å². The number of carbonyl (C=O) groups is 1. The van der Waals surface area contributed by atoms with E-state index in [1.165, 1.54) is 11.8 Å². The molecule has 8 heteroatoms. The molecular formula is C17H17N5O2S. The van der Waals surface area contributed by atoms with Gasteiger partial charge in [-0.05, 0) is 49.9 Å². The Hall–Kier alpha value is -2.87. The molecule has 0 aliphatic carbocycles. The zero-order chi connectivity index (χ0) is 18.0. The second-order valence-electron chi connectivity index (χ2n) is 5.41. The summed E-state index contributed by atoms with van der Waals surface area (Å²) in [6.07, 6.45) is 3.61. The van der Waals surface area contributed by atoms with Gasteiger partial charge in [-0.2, -0.15) is 0 Å². The molecule has 3 N–H and O–H groups in total. The van der Waals surface area contributed by atoms with E-state index >= 15 is 0 Å². The highest BCUT2D eigenvalue weighted by Crippen LogP contribution is 2.32. The number of hydrogen-bond donors (Lipinski definition) is 2. The molecule has 0 aliphatic heterocycles. The van der Waals surface area contributed by atoms with E-state index in [1.54, 1.807) is 24.4 Å². The molecule has 0 atom stereocenters. The van der Waals surface area contributed by atoms with Gasteiger partial charge in [0.05, 0.1) is 11.3 Å². The lowest BCUT2D eigenvalue weighted by atomic mass is 10.1. The predicted octanol–water partition coefficient (Wildman–Crippen LogP) is 3.31. The minimum absolute atomic E-state index is 0.445. The Morgan fingerprint density at radius 1 is 1.28 bits per heavy atom. The van der Waals surface area contributed by atoms with Crippen molar-refractivity contribution in [2.45, 2.75) is 18.9 Å². The van der Waals surface area contributed by atoms with Crippen molar-refractivity contribution < 1.29 is 9.32 Å². The number of aryl methyl sites for hydroxylation is 2. The number of anilines is 2. The Bertz CT molecular complexity index is 939. The summed E-state index contributed by atoms with van der Waals surface area (Å²) in [5.41, 5.74) is 9.02. The first-order valence-electron chi connectivity index (χ1n) is 7.50. The Balaban J connectivity index is 1.93. The van der Waals surface area contributed by atoms with Gasteiger partial charge < -0.3 is 15.6 Å². The van der Waals surface area contributed by atoms with E-state index < -0.39 is 5.91 Å². The maximum atomic E-state index is 11.3. The molecule has 0 unspecified atom stereocenters. The molecule has 0 saturated carbocycles. The second-order valence-corrected chi connectivity index (χ2v) is 6.20. The van der Waals surface area contributed by atoms with Crippen molar-refractivity contribution in [2.24, 2.45) is 5.73 Å². The summed E-state index contributed by atoms with van der Waals surface area (Å²) in [4.78, 5) is 20.1. The van der Waals surface area contributed by atoms with Crippen LogP contribution < -0.4 is 11.1 Å². The molecule has 7 nitrogen and oxygen atoms in total. The minimum atomic E-state index is -0.458. The van der Waals surface area contributed by atoms with Crippen LogP contribution in [0.4, 0.5) is 11.6 Å². The first-order chi connectivity index (χ1) is 12.0. The third-order valence-electron chi connectivity index (χ3n) is 3.69. The molecule has 3 rings (SSSR count). The van der Waals surface area contributed by atoms with Crippen LogP contribution in [0, 0.1) is 13.8 Å². The third kappa shape index (κ3) is 3.48. The average Bonchev–Trinajstić information content (AvgIpc) is 2.97. The number of benzene rings is 1. The van der Waals surface area contributed by atoms with Crippen molar-refractivity contribution in [3.63, 3.8) is 0 Å². The van der Waals surface area contributed by atoms with Gasteiger partial charge >= 0.3 is 0 Å². The van der Waals surface area contributed by atoms with E-state index in [9.17, 15) is 4.79 Å². The van der Waals surface area contributed by atoms with Crippen molar-refractivity contribution in [2.75, 3.05) is 11.6 Å². The average molecular weight is 355 g/mol. The fourth-order valence-electron chi connectivity index (χ4n) is 2.42. The van der Waals surface area contributed by atoms with E-state index in [0.717, 1.165) is 27.5 Å².